The summed E-state index contributed by atoms with van der Waals surface area (Å²) in [6.45, 7) is 0.00720. The number of anilines is 1. The Morgan fingerprint density at radius 3 is 2.88 bits per heavy atom. The minimum atomic E-state index is -0.549. The van der Waals surface area contributed by atoms with Gasteiger partial charge >= 0.3 is 0 Å². The van der Waals surface area contributed by atoms with Crippen LogP contribution >= 0.6 is 0 Å². The Morgan fingerprint density at radius 1 is 1.44 bits per heavy atom. The minimum Gasteiger partial charge on any atom is -0.478 e. The lowest BCUT2D eigenvalue weighted by molar-refractivity contribution is -0.127. The summed E-state index contributed by atoms with van der Waals surface area (Å²) in [4.78, 5) is 11.9. The number of fused-ring (bicyclic) bond motifs is 1. The lowest BCUT2D eigenvalue weighted by Gasteiger charge is -2.30. The molecule has 3 rings (SSSR count). The topological polar surface area (TPSA) is 58.6 Å². The zero-order chi connectivity index (χ0) is 11.2. The van der Waals surface area contributed by atoms with Crippen LogP contribution in [-0.4, -0.2) is 23.7 Å². The Hall–Kier alpha value is -1.55. The lowest BCUT2D eigenvalue weighted by atomic mass is 9.98. The van der Waals surface area contributed by atoms with Crippen molar-refractivity contribution in [2.24, 2.45) is 5.41 Å². The molecule has 0 saturated heterocycles. The quantitative estimate of drug-likeness (QED) is 0.784. The normalized spacial score (nSPS) is 25.3. The second-order valence-corrected chi connectivity index (χ2v) is 4.50. The fourth-order valence-corrected chi connectivity index (χ4v) is 2.12. The standard InChI is InChI=1S/C12H13NO3/c14-7-12(5-6-12)10-11(15)13-8-3-1-2-4-9(8)16-10/h1-4,10,14H,5-7H2,(H,13,15). The van der Waals surface area contributed by atoms with Crippen molar-refractivity contribution >= 4 is 11.6 Å². The van der Waals surface area contributed by atoms with Gasteiger partial charge in [0.15, 0.2) is 6.10 Å². The first-order valence-electron chi connectivity index (χ1n) is 5.43. The first-order chi connectivity index (χ1) is 7.75. The maximum Gasteiger partial charge on any atom is 0.266 e. The number of carbonyl (C=O) groups is 1. The maximum atomic E-state index is 11.9. The molecule has 2 N–H and O–H groups in total. The summed E-state index contributed by atoms with van der Waals surface area (Å²) in [5.74, 6) is 0.539. The number of nitrogens with one attached hydrogen (secondary N) is 1. The molecule has 4 nitrogen and oxygen atoms in total. The summed E-state index contributed by atoms with van der Waals surface area (Å²) in [6, 6.07) is 7.35. The monoisotopic (exact) mass is 219 g/mol. The molecule has 84 valence electrons. The number of hydrogen-bond acceptors (Lipinski definition) is 3. The number of amides is 1. The molecule has 1 fully saturated rings. The number of ether oxygens (including phenoxy) is 1. The smallest absolute Gasteiger partial charge is 0.266 e. The van der Waals surface area contributed by atoms with Crippen molar-refractivity contribution in [3.8, 4) is 5.75 Å². The summed E-state index contributed by atoms with van der Waals surface area (Å²) >= 11 is 0. The van der Waals surface area contributed by atoms with Gasteiger partial charge in [-0.3, -0.25) is 4.79 Å². The van der Waals surface area contributed by atoms with Crippen molar-refractivity contribution in [3.63, 3.8) is 0 Å². The van der Waals surface area contributed by atoms with E-state index in [1.54, 1.807) is 0 Å². The molecule has 0 spiro atoms. The zero-order valence-electron chi connectivity index (χ0n) is 8.77. The van der Waals surface area contributed by atoms with Gasteiger partial charge in [0.25, 0.3) is 5.91 Å². The van der Waals surface area contributed by atoms with Gasteiger partial charge in [-0.15, -0.1) is 0 Å². The fourth-order valence-electron chi connectivity index (χ4n) is 2.12. The largest absolute Gasteiger partial charge is 0.478 e. The number of aliphatic hydroxyl groups is 1. The molecule has 16 heavy (non-hydrogen) atoms. The van der Waals surface area contributed by atoms with Crippen LogP contribution in [0.15, 0.2) is 24.3 Å². The van der Waals surface area contributed by atoms with Gasteiger partial charge < -0.3 is 15.2 Å². The van der Waals surface area contributed by atoms with Crippen LogP contribution < -0.4 is 10.1 Å². The zero-order valence-corrected chi connectivity index (χ0v) is 8.77. The number of para-hydroxylation sites is 2. The molecule has 1 unspecified atom stereocenters. The molecule has 1 amide bonds. The van der Waals surface area contributed by atoms with Crippen LogP contribution in [0.2, 0.25) is 0 Å². The molecule has 1 heterocycles. The van der Waals surface area contributed by atoms with Crippen LogP contribution in [0.5, 0.6) is 5.75 Å². The van der Waals surface area contributed by atoms with Gasteiger partial charge in [0.2, 0.25) is 0 Å². The van der Waals surface area contributed by atoms with Gasteiger partial charge in [0.05, 0.1) is 12.3 Å². The average Bonchev–Trinajstić information content (AvgIpc) is 3.09. The Morgan fingerprint density at radius 2 is 2.19 bits per heavy atom. The predicted molar refractivity (Wildman–Crippen MR) is 58.2 cm³/mol. The minimum absolute atomic E-state index is 0.00720. The van der Waals surface area contributed by atoms with Crippen molar-refractivity contribution in [3.05, 3.63) is 24.3 Å². The van der Waals surface area contributed by atoms with Crippen molar-refractivity contribution in [2.75, 3.05) is 11.9 Å². The van der Waals surface area contributed by atoms with Crippen LogP contribution in [0.4, 0.5) is 5.69 Å². The molecule has 0 aromatic heterocycles. The van der Waals surface area contributed by atoms with Gasteiger partial charge in [-0.1, -0.05) is 12.1 Å². The highest BCUT2D eigenvalue weighted by Crippen LogP contribution is 2.51. The maximum absolute atomic E-state index is 11.9. The highest BCUT2D eigenvalue weighted by Gasteiger charge is 2.55. The van der Waals surface area contributed by atoms with Gasteiger partial charge in [-0.05, 0) is 25.0 Å². The molecule has 2 aliphatic rings. The predicted octanol–water partition coefficient (Wildman–Crippen LogP) is 1.16. The number of hydrogen-bond donors (Lipinski definition) is 2. The summed E-state index contributed by atoms with van der Waals surface area (Å²) in [7, 11) is 0. The van der Waals surface area contributed by atoms with E-state index in [0.29, 0.717) is 11.4 Å². The third-order valence-corrected chi connectivity index (χ3v) is 3.39. The van der Waals surface area contributed by atoms with Crippen LogP contribution in [0.1, 0.15) is 12.8 Å². The molecule has 0 bridgehead atoms. The number of benzene rings is 1. The van der Waals surface area contributed by atoms with Gasteiger partial charge in [0.1, 0.15) is 5.75 Å². The molecule has 1 aliphatic carbocycles. The summed E-state index contributed by atoms with van der Waals surface area (Å²) in [5.41, 5.74) is 0.356. The van der Waals surface area contributed by atoms with Crippen LogP contribution in [0.25, 0.3) is 0 Å². The number of carbonyl (C=O) groups excluding carboxylic acids is 1. The molecule has 1 atom stereocenters. The molecule has 4 heteroatoms. The van der Waals surface area contributed by atoms with E-state index in [0.717, 1.165) is 12.8 Å². The Bertz CT molecular complexity index is 440. The van der Waals surface area contributed by atoms with E-state index in [9.17, 15) is 9.90 Å². The highest BCUT2D eigenvalue weighted by atomic mass is 16.5. The first-order valence-corrected chi connectivity index (χ1v) is 5.43. The molecule has 1 aromatic rings. The molecule has 0 radical (unpaired) electrons. The third kappa shape index (κ3) is 1.30. The fraction of sp³-hybridized carbons (Fsp3) is 0.417. The third-order valence-electron chi connectivity index (χ3n) is 3.39. The average molecular weight is 219 g/mol. The van der Waals surface area contributed by atoms with Gasteiger partial charge in [-0.2, -0.15) is 0 Å². The second kappa shape index (κ2) is 3.22. The SMILES string of the molecule is O=C1Nc2ccccc2OC1C1(CO)CC1. The van der Waals surface area contributed by atoms with Gasteiger partial charge in [0, 0.05) is 5.41 Å². The summed E-state index contributed by atoms with van der Waals surface area (Å²) in [5, 5.41) is 12.1. The van der Waals surface area contributed by atoms with E-state index >= 15 is 0 Å². The lowest BCUT2D eigenvalue weighted by Crippen LogP contribution is -2.45. The van der Waals surface area contributed by atoms with Gasteiger partial charge in [-0.25, -0.2) is 0 Å². The molecule has 1 saturated carbocycles. The van der Waals surface area contributed by atoms with Crippen molar-refractivity contribution < 1.29 is 14.6 Å². The Balaban J connectivity index is 1.93. The summed E-state index contributed by atoms with van der Waals surface area (Å²) < 4.78 is 5.69. The van der Waals surface area contributed by atoms with E-state index in [4.69, 9.17) is 4.74 Å². The van der Waals surface area contributed by atoms with E-state index in [1.807, 2.05) is 24.3 Å². The second-order valence-electron chi connectivity index (χ2n) is 4.50. The molecule has 1 aromatic carbocycles. The Kier molecular flexibility index (Phi) is 1.94. The summed E-state index contributed by atoms with van der Waals surface area (Å²) in [6.07, 6.45) is 1.15. The molecular formula is C12H13NO3. The molecular weight excluding hydrogens is 206 g/mol. The van der Waals surface area contributed by atoms with Crippen LogP contribution in [0.3, 0.4) is 0 Å². The molecule has 1 aliphatic heterocycles. The van der Waals surface area contributed by atoms with Crippen LogP contribution in [0, 0.1) is 5.41 Å². The highest BCUT2D eigenvalue weighted by molar-refractivity contribution is 5.98. The van der Waals surface area contributed by atoms with Crippen molar-refractivity contribution in [1.29, 1.82) is 0 Å². The van der Waals surface area contributed by atoms with Crippen LogP contribution in [-0.2, 0) is 4.79 Å². The number of aliphatic hydroxyl groups excluding tert-OH is 1. The van der Waals surface area contributed by atoms with Crippen molar-refractivity contribution in [1.82, 2.24) is 0 Å². The number of rotatable bonds is 2. The van der Waals surface area contributed by atoms with E-state index in [2.05, 4.69) is 5.32 Å². The van der Waals surface area contributed by atoms with Crippen molar-refractivity contribution in [2.45, 2.75) is 18.9 Å². The Labute approximate surface area is 93.2 Å². The first kappa shape index (κ1) is 9.66. The van der Waals surface area contributed by atoms with E-state index in [-0.39, 0.29) is 17.9 Å². The van der Waals surface area contributed by atoms with E-state index in [1.165, 1.54) is 0 Å². The van der Waals surface area contributed by atoms with E-state index < -0.39 is 6.10 Å².